The molecular formula is C16H12F2N2O2. The molecule has 0 saturated carbocycles. The maximum Gasteiger partial charge on any atom is 0.335 e. The van der Waals surface area contributed by atoms with Gasteiger partial charge in [0, 0.05) is 12.3 Å². The van der Waals surface area contributed by atoms with Gasteiger partial charge in [-0.25, -0.2) is 13.6 Å². The smallest absolute Gasteiger partial charge is 0.335 e. The van der Waals surface area contributed by atoms with Gasteiger partial charge in [0.05, 0.1) is 11.3 Å². The summed E-state index contributed by atoms with van der Waals surface area (Å²) in [4.78, 5) is 10.2. The molecule has 1 aliphatic heterocycles. The second kappa shape index (κ2) is 7.12. The van der Waals surface area contributed by atoms with Crippen molar-refractivity contribution < 1.29 is 18.7 Å². The van der Waals surface area contributed by atoms with Crippen molar-refractivity contribution in [3.05, 3.63) is 71.3 Å². The molecular weight excluding hydrogens is 290 g/mol. The van der Waals surface area contributed by atoms with E-state index in [2.05, 4.69) is 10.5 Å². The molecule has 0 spiro atoms. The molecule has 22 heavy (non-hydrogen) atoms. The molecule has 4 nitrogen and oxygen atoms in total. The maximum atomic E-state index is 12.3. The molecule has 0 amide bonds. The minimum Gasteiger partial charge on any atom is -0.478 e. The van der Waals surface area contributed by atoms with Crippen LogP contribution in [0, 0.1) is 11.6 Å². The zero-order valence-electron chi connectivity index (χ0n) is 11.3. The highest BCUT2D eigenvalue weighted by Crippen LogP contribution is 2.17. The number of nitrogens with zero attached hydrogens (tertiary/aromatic N) is 1. The Kier molecular flexibility index (Phi) is 4.98. The molecule has 0 aliphatic carbocycles. The number of anilines is 1. The van der Waals surface area contributed by atoms with E-state index in [4.69, 9.17) is 5.11 Å². The summed E-state index contributed by atoms with van der Waals surface area (Å²) in [7, 11) is 0. The van der Waals surface area contributed by atoms with Crippen LogP contribution < -0.4 is 5.43 Å². The van der Waals surface area contributed by atoms with E-state index in [0.717, 1.165) is 17.8 Å². The number of hydrogen-bond donors (Lipinski definition) is 2. The number of para-hydroxylation sites is 1. The predicted molar refractivity (Wildman–Crippen MR) is 80.9 cm³/mol. The van der Waals surface area contributed by atoms with Gasteiger partial charge in [0.15, 0.2) is 0 Å². The van der Waals surface area contributed by atoms with Crippen LogP contribution in [-0.4, -0.2) is 17.3 Å². The fraction of sp³-hybridized carbons (Fsp3) is 0. The van der Waals surface area contributed by atoms with Crippen molar-refractivity contribution in [2.75, 3.05) is 5.43 Å². The van der Waals surface area contributed by atoms with Crippen LogP contribution in [0.25, 0.3) is 6.08 Å². The monoisotopic (exact) mass is 302 g/mol. The molecule has 0 radical (unpaired) electrons. The van der Waals surface area contributed by atoms with Gasteiger partial charge in [-0.2, -0.15) is 5.10 Å². The second-order valence-electron chi connectivity index (χ2n) is 4.30. The summed E-state index contributed by atoms with van der Waals surface area (Å²) in [5, 5.41) is 12.3. The molecule has 3 rings (SSSR count). The fourth-order valence-corrected chi connectivity index (χ4v) is 1.72. The van der Waals surface area contributed by atoms with Crippen molar-refractivity contribution in [2.24, 2.45) is 5.10 Å². The van der Waals surface area contributed by atoms with Crippen molar-refractivity contribution in [3.8, 4) is 0 Å². The Morgan fingerprint density at radius 3 is 2.45 bits per heavy atom. The number of carbonyl (C=O) groups is 1. The molecule has 112 valence electrons. The molecule has 0 unspecified atom stereocenters. The Morgan fingerprint density at radius 1 is 1.09 bits per heavy atom. The molecule has 6 heteroatoms. The normalized spacial score (nSPS) is 11.5. The number of halogens is 2. The third kappa shape index (κ3) is 4.24. The number of carboxylic acid groups (broad SMARTS) is 1. The average molecular weight is 302 g/mol. The Balaban J connectivity index is 0.000000160. The van der Waals surface area contributed by atoms with Crippen molar-refractivity contribution in [2.45, 2.75) is 0 Å². The summed E-state index contributed by atoms with van der Waals surface area (Å²) >= 11 is 0. The zero-order valence-corrected chi connectivity index (χ0v) is 11.3. The molecule has 0 fully saturated rings. The minimum absolute atomic E-state index is 0.387. The first-order valence-corrected chi connectivity index (χ1v) is 6.30. The van der Waals surface area contributed by atoms with E-state index in [9.17, 15) is 13.6 Å². The number of hydrogen-bond acceptors (Lipinski definition) is 3. The first kappa shape index (κ1) is 15.4. The quantitative estimate of drug-likeness (QED) is 0.843. The van der Waals surface area contributed by atoms with Gasteiger partial charge in [0.2, 0.25) is 0 Å². The van der Waals surface area contributed by atoms with Gasteiger partial charge in [-0.15, -0.1) is 0 Å². The molecule has 1 heterocycles. The van der Waals surface area contributed by atoms with Gasteiger partial charge in [0.25, 0.3) is 0 Å². The lowest BCUT2D eigenvalue weighted by molar-refractivity contribution is 0.0695. The Labute approximate surface area is 125 Å². The van der Waals surface area contributed by atoms with Crippen LogP contribution in [0.2, 0.25) is 0 Å². The molecule has 2 N–H and O–H groups in total. The number of allylic oxidation sites excluding steroid dienone is 1. The molecule has 0 atom stereocenters. The highest BCUT2D eigenvalue weighted by Gasteiger charge is 2.05. The standard InChI is InChI=1S/C9H8N2.C7H4F2O2/c1-2-6-9-8(4-1)5-3-7-10-11-9;8-5-1-4(7(10)11)2-6(9)3-5/h1-7,11H;1-3H,(H,10,11). The predicted octanol–water partition coefficient (Wildman–Crippen LogP) is 3.77. The number of nitrogens with one attached hydrogen (secondary N) is 1. The summed E-state index contributed by atoms with van der Waals surface area (Å²) in [5.74, 6) is -3.12. The fourth-order valence-electron chi connectivity index (χ4n) is 1.72. The molecule has 0 aromatic heterocycles. The summed E-state index contributed by atoms with van der Waals surface area (Å²) in [6.45, 7) is 0. The Hall–Kier alpha value is -3.02. The van der Waals surface area contributed by atoms with Gasteiger partial charge in [-0.3, -0.25) is 5.43 Å². The lowest BCUT2D eigenvalue weighted by atomic mass is 10.2. The van der Waals surface area contributed by atoms with Gasteiger partial charge in [0.1, 0.15) is 11.6 Å². The SMILES string of the molecule is C1=Cc2ccccc2NN=C1.O=C(O)c1cc(F)cc(F)c1. The molecule has 0 saturated heterocycles. The van der Waals surface area contributed by atoms with Crippen LogP contribution in [0.15, 0.2) is 53.6 Å². The van der Waals surface area contributed by atoms with E-state index in [-0.39, 0.29) is 5.56 Å². The lowest BCUT2D eigenvalue weighted by Gasteiger charge is -2.00. The van der Waals surface area contributed by atoms with E-state index in [1.165, 1.54) is 5.56 Å². The van der Waals surface area contributed by atoms with Crippen molar-refractivity contribution in [1.82, 2.24) is 0 Å². The van der Waals surface area contributed by atoms with Crippen molar-refractivity contribution >= 4 is 23.9 Å². The summed E-state index contributed by atoms with van der Waals surface area (Å²) in [5.41, 5.74) is 4.77. The topological polar surface area (TPSA) is 61.7 Å². The molecule has 2 aromatic carbocycles. The summed E-state index contributed by atoms with van der Waals surface area (Å²) < 4.78 is 24.6. The number of carboxylic acids is 1. The van der Waals surface area contributed by atoms with E-state index in [1.807, 2.05) is 36.4 Å². The number of fused-ring (bicyclic) bond motifs is 1. The lowest BCUT2D eigenvalue weighted by Crippen LogP contribution is -1.97. The third-order valence-electron chi connectivity index (χ3n) is 2.69. The third-order valence-corrected chi connectivity index (χ3v) is 2.69. The largest absolute Gasteiger partial charge is 0.478 e. The zero-order chi connectivity index (χ0) is 15.9. The molecule has 2 aromatic rings. The average Bonchev–Trinajstić information content (AvgIpc) is 2.72. The number of aromatic carboxylic acids is 1. The number of rotatable bonds is 1. The van der Waals surface area contributed by atoms with Gasteiger partial charge in [-0.05, 0) is 29.8 Å². The van der Waals surface area contributed by atoms with Crippen LogP contribution in [-0.2, 0) is 0 Å². The Bertz CT molecular complexity index is 722. The van der Waals surface area contributed by atoms with E-state index >= 15 is 0 Å². The van der Waals surface area contributed by atoms with Gasteiger partial charge >= 0.3 is 5.97 Å². The first-order valence-electron chi connectivity index (χ1n) is 6.30. The van der Waals surface area contributed by atoms with Crippen LogP contribution in [0.3, 0.4) is 0 Å². The van der Waals surface area contributed by atoms with Crippen molar-refractivity contribution in [1.29, 1.82) is 0 Å². The Morgan fingerprint density at radius 2 is 1.77 bits per heavy atom. The molecule has 0 bridgehead atoms. The minimum atomic E-state index is -1.34. The van der Waals surface area contributed by atoms with E-state index in [1.54, 1.807) is 6.21 Å². The van der Waals surface area contributed by atoms with Gasteiger partial charge in [-0.1, -0.05) is 24.3 Å². The van der Waals surface area contributed by atoms with Crippen LogP contribution >= 0.6 is 0 Å². The first-order chi connectivity index (χ1) is 10.6. The maximum absolute atomic E-state index is 12.3. The highest BCUT2D eigenvalue weighted by atomic mass is 19.1. The van der Waals surface area contributed by atoms with Crippen LogP contribution in [0.5, 0.6) is 0 Å². The second-order valence-corrected chi connectivity index (χ2v) is 4.30. The summed E-state index contributed by atoms with van der Waals surface area (Å²) in [6, 6.07) is 10.2. The van der Waals surface area contributed by atoms with E-state index in [0.29, 0.717) is 6.07 Å². The molecule has 1 aliphatic rings. The van der Waals surface area contributed by atoms with Crippen LogP contribution in [0.1, 0.15) is 15.9 Å². The number of hydrazone groups is 1. The van der Waals surface area contributed by atoms with Crippen LogP contribution in [0.4, 0.5) is 14.5 Å². The highest BCUT2D eigenvalue weighted by molar-refractivity contribution is 5.87. The number of benzene rings is 2. The van der Waals surface area contributed by atoms with Crippen molar-refractivity contribution in [3.63, 3.8) is 0 Å². The summed E-state index contributed by atoms with van der Waals surface area (Å²) in [6.07, 6.45) is 5.68. The van der Waals surface area contributed by atoms with E-state index < -0.39 is 17.6 Å². The van der Waals surface area contributed by atoms with Gasteiger partial charge < -0.3 is 5.11 Å².